The average Bonchev–Trinajstić information content (AvgIpc) is 3.37. The van der Waals surface area contributed by atoms with E-state index in [1.54, 1.807) is 11.8 Å². The summed E-state index contributed by atoms with van der Waals surface area (Å²) >= 11 is 6.24. The van der Waals surface area contributed by atoms with Crippen LogP contribution in [0.3, 0.4) is 0 Å². The topological polar surface area (TPSA) is 77.7 Å². The Kier molecular flexibility index (Phi) is 5.72. The zero-order valence-electron chi connectivity index (χ0n) is 16.6. The Morgan fingerprint density at radius 3 is 2.77 bits per heavy atom. The van der Waals surface area contributed by atoms with E-state index in [4.69, 9.17) is 21.2 Å². The highest BCUT2D eigenvalue weighted by Gasteiger charge is 2.29. The number of hydrogen-bond donors (Lipinski definition) is 1. The first-order chi connectivity index (χ1) is 14.5. The maximum absolute atomic E-state index is 12.6. The predicted octanol–water partition coefficient (Wildman–Crippen LogP) is 4.03. The predicted molar refractivity (Wildman–Crippen MR) is 115 cm³/mol. The molecule has 0 saturated heterocycles. The molecule has 8 heteroatoms. The van der Waals surface area contributed by atoms with Crippen LogP contribution in [0, 0.1) is 6.92 Å². The van der Waals surface area contributed by atoms with Crippen LogP contribution in [0.4, 0.5) is 5.82 Å². The smallest absolute Gasteiger partial charge is 0.269 e. The third kappa shape index (κ3) is 4.31. The summed E-state index contributed by atoms with van der Waals surface area (Å²) in [6.45, 7) is 2.45. The fraction of sp³-hybridized carbons (Fsp3) is 0.227. The Bertz CT molecular complexity index is 1090. The lowest BCUT2D eigenvalue weighted by Gasteiger charge is -2.08. The number of nitrogens with zero attached hydrogens (tertiary/aromatic N) is 3. The second-order valence-electron chi connectivity index (χ2n) is 6.97. The Morgan fingerprint density at radius 1 is 1.27 bits per heavy atom. The number of aromatic nitrogens is 2. The monoisotopic (exact) mass is 424 g/mol. The quantitative estimate of drug-likeness (QED) is 0.648. The molecular formula is C22H21ClN4O3. The van der Waals surface area contributed by atoms with Crippen molar-refractivity contribution >= 4 is 29.0 Å². The van der Waals surface area contributed by atoms with Gasteiger partial charge >= 0.3 is 0 Å². The molecule has 0 saturated carbocycles. The molecule has 1 aliphatic rings. The van der Waals surface area contributed by atoms with Crippen LogP contribution in [0.1, 0.15) is 23.2 Å². The number of amides is 1. The van der Waals surface area contributed by atoms with Crippen LogP contribution in [0.5, 0.6) is 5.75 Å². The molecule has 0 fully saturated rings. The standard InChI is InChI=1S/C22H21ClN4O3/c1-14-11-21(25-27(14)13-16-5-3-4-6-18(16)23)24-22(28)20-12-19(26-30-20)15-7-9-17(29-2)10-8-15/h3-11,20H,12-13H2,1-2H3,(H,24,25,28). The van der Waals surface area contributed by atoms with Gasteiger partial charge in [0.1, 0.15) is 5.75 Å². The number of benzene rings is 2. The van der Waals surface area contributed by atoms with Gasteiger partial charge < -0.3 is 14.9 Å². The maximum atomic E-state index is 12.6. The second-order valence-corrected chi connectivity index (χ2v) is 7.38. The van der Waals surface area contributed by atoms with Crippen molar-refractivity contribution in [3.8, 4) is 5.75 Å². The summed E-state index contributed by atoms with van der Waals surface area (Å²) in [7, 11) is 1.61. The van der Waals surface area contributed by atoms with Crippen molar-refractivity contribution in [3.63, 3.8) is 0 Å². The summed E-state index contributed by atoms with van der Waals surface area (Å²) in [5, 5.41) is 12.0. The van der Waals surface area contributed by atoms with Gasteiger partial charge in [-0.25, -0.2) is 0 Å². The molecule has 0 bridgehead atoms. The molecule has 154 valence electrons. The molecule has 0 radical (unpaired) electrons. The van der Waals surface area contributed by atoms with Gasteiger partial charge in [-0.05, 0) is 48.4 Å². The Hall–Kier alpha value is -3.32. The molecule has 1 N–H and O–H groups in total. The van der Waals surface area contributed by atoms with Crippen LogP contribution in [-0.4, -0.2) is 34.6 Å². The van der Waals surface area contributed by atoms with E-state index >= 15 is 0 Å². The van der Waals surface area contributed by atoms with Gasteiger partial charge in [-0.1, -0.05) is 35.0 Å². The summed E-state index contributed by atoms with van der Waals surface area (Å²) in [6, 6.07) is 16.9. The van der Waals surface area contributed by atoms with Gasteiger partial charge in [0.2, 0.25) is 6.10 Å². The van der Waals surface area contributed by atoms with Crippen LogP contribution in [0.2, 0.25) is 5.02 Å². The van der Waals surface area contributed by atoms with E-state index in [1.165, 1.54) is 0 Å². The molecule has 1 aromatic heterocycles. The van der Waals surface area contributed by atoms with Crippen molar-refractivity contribution in [2.75, 3.05) is 12.4 Å². The SMILES string of the molecule is COc1ccc(C2=NOC(C(=O)Nc3cc(C)n(Cc4ccccc4Cl)n3)C2)cc1. The summed E-state index contributed by atoms with van der Waals surface area (Å²) < 4.78 is 6.96. The van der Waals surface area contributed by atoms with Crippen molar-refractivity contribution in [2.24, 2.45) is 5.16 Å². The molecular weight excluding hydrogens is 404 g/mol. The van der Waals surface area contributed by atoms with Crippen LogP contribution in [0.15, 0.2) is 59.8 Å². The molecule has 0 spiro atoms. The van der Waals surface area contributed by atoms with E-state index < -0.39 is 6.10 Å². The minimum atomic E-state index is -0.698. The van der Waals surface area contributed by atoms with Gasteiger partial charge in [-0.3, -0.25) is 9.48 Å². The van der Waals surface area contributed by atoms with Crippen molar-refractivity contribution < 1.29 is 14.4 Å². The fourth-order valence-corrected chi connectivity index (χ4v) is 3.39. The van der Waals surface area contributed by atoms with Gasteiger partial charge in [0.05, 0.1) is 19.4 Å². The third-order valence-electron chi connectivity index (χ3n) is 4.89. The van der Waals surface area contributed by atoms with E-state index in [1.807, 2.05) is 61.5 Å². The number of hydrogen-bond acceptors (Lipinski definition) is 5. The first kappa shape index (κ1) is 20.0. The summed E-state index contributed by atoms with van der Waals surface area (Å²) in [5.74, 6) is 0.936. The molecule has 4 rings (SSSR count). The molecule has 7 nitrogen and oxygen atoms in total. The molecule has 30 heavy (non-hydrogen) atoms. The zero-order chi connectivity index (χ0) is 21.1. The normalized spacial score (nSPS) is 15.4. The first-order valence-corrected chi connectivity index (χ1v) is 9.87. The second kappa shape index (κ2) is 8.59. The zero-order valence-corrected chi connectivity index (χ0v) is 17.4. The summed E-state index contributed by atoms with van der Waals surface area (Å²) in [4.78, 5) is 18.0. The van der Waals surface area contributed by atoms with Gasteiger partial charge in [0.25, 0.3) is 5.91 Å². The average molecular weight is 425 g/mol. The maximum Gasteiger partial charge on any atom is 0.269 e. The number of aryl methyl sites for hydroxylation is 1. The van der Waals surface area contributed by atoms with Crippen molar-refractivity contribution in [1.82, 2.24) is 9.78 Å². The van der Waals surface area contributed by atoms with Crippen molar-refractivity contribution in [2.45, 2.75) is 26.0 Å². The van der Waals surface area contributed by atoms with Crippen molar-refractivity contribution in [1.29, 1.82) is 0 Å². The Labute approximate surface area is 179 Å². The number of oxime groups is 1. The lowest BCUT2D eigenvalue weighted by Crippen LogP contribution is -2.28. The minimum Gasteiger partial charge on any atom is -0.497 e. The molecule has 1 amide bonds. The number of anilines is 1. The molecule has 1 atom stereocenters. The molecule has 2 heterocycles. The van der Waals surface area contributed by atoms with Crippen molar-refractivity contribution in [3.05, 3.63) is 76.4 Å². The highest BCUT2D eigenvalue weighted by Crippen LogP contribution is 2.21. The summed E-state index contributed by atoms with van der Waals surface area (Å²) in [6.07, 6.45) is -0.312. The molecule has 3 aromatic rings. The highest BCUT2D eigenvalue weighted by molar-refractivity contribution is 6.31. The number of halogens is 1. The third-order valence-corrected chi connectivity index (χ3v) is 5.26. The van der Waals surface area contributed by atoms with Crippen LogP contribution >= 0.6 is 11.6 Å². The van der Waals surface area contributed by atoms with Gasteiger partial charge in [0, 0.05) is 23.2 Å². The van der Waals surface area contributed by atoms with E-state index in [0.29, 0.717) is 23.8 Å². The van der Waals surface area contributed by atoms with E-state index in [9.17, 15) is 4.79 Å². The minimum absolute atomic E-state index is 0.287. The largest absolute Gasteiger partial charge is 0.497 e. The molecule has 2 aromatic carbocycles. The van der Waals surface area contributed by atoms with E-state index in [2.05, 4.69) is 15.6 Å². The van der Waals surface area contributed by atoms with Crippen LogP contribution in [-0.2, 0) is 16.2 Å². The Balaban J connectivity index is 1.38. The lowest BCUT2D eigenvalue weighted by molar-refractivity contribution is -0.125. The number of rotatable bonds is 6. The number of carbonyl (C=O) groups is 1. The number of carbonyl (C=O) groups excluding carboxylic acids is 1. The Morgan fingerprint density at radius 2 is 2.03 bits per heavy atom. The number of methoxy groups -OCH3 is 1. The van der Waals surface area contributed by atoms with Gasteiger partial charge in [-0.2, -0.15) is 5.10 Å². The fourth-order valence-electron chi connectivity index (χ4n) is 3.20. The first-order valence-electron chi connectivity index (χ1n) is 9.49. The molecule has 1 unspecified atom stereocenters. The number of ether oxygens (including phenoxy) is 1. The van der Waals surface area contributed by atoms with Gasteiger partial charge in [0.15, 0.2) is 5.82 Å². The molecule has 1 aliphatic heterocycles. The highest BCUT2D eigenvalue weighted by atomic mass is 35.5. The lowest BCUT2D eigenvalue weighted by atomic mass is 10.0. The van der Waals surface area contributed by atoms with E-state index in [0.717, 1.165) is 28.3 Å². The molecule has 0 aliphatic carbocycles. The van der Waals surface area contributed by atoms with Gasteiger partial charge in [-0.15, -0.1) is 0 Å². The van der Waals surface area contributed by atoms with Crippen LogP contribution < -0.4 is 10.1 Å². The number of nitrogens with one attached hydrogen (secondary N) is 1. The van der Waals surface area contributed by atoms with Crippen LogP contribution in [0.25, 0.3) is 0 Å². The van der Waals surface area contributed by atoms with E-state index in [-0.39, 0.29) is 5.91 Å². The summed E-state index contributed by atoms with van der Waals surface area (Å²) in [5.41, 5.74) is 3.48.